The average molecular weight is 281 g/mol. The summed E-state index contributed by atoms with van der Waals surface area (Å²) in [5.74, 6) is 0.967. The van der Waals surface area contributed by atoms with E-state index >= 15 is 0 Å². The van der Waals surface area contributed by atoms with Gasteiger partial charge in [-0.2, -0.15) is 0 Å². The number of hydrogen-bond acceptors (Lipinski definition) is 2. The number of carbonyl (C=O) groups excluding carboxylic acids is 1. The van der Waals surface area contributed by atoms with Gasteiger partial charge in [0.25, 0.3) is 0 Å². The monoisotopic (exact) mass is 281 g/mol. The number of carbonyl (C=O) groups is 1. The van der Waals surface area contributed by atoms with Crippen LogP contribution in [0.4, 0.5) is 5.69 Å². The highest BCUT2D eigenvalue weighted by atomic mass is 16.5. The van der Waals surface area contributed by atoms with E-state index in [-0.39, 0.29) is 5.91 Å². The maximum Gasteiger partial charge on any atom is 0.227 e. The first kappa shape index (κ1) is 13.7. The van der Waals surface area contributed by atoms with Crippen LogP contribution in [0.1, 0.15) is 17.5 Å². The number of rotatable bonds is 3. The van der Waals surface area contributed by atoms with Crippen molar-refractivity contribution in [2.45, 2.75) is 19.8 Å². The number of fused-ring (bicyclic) bond motifs is 1. The Labute approximate surface area is 125 Å². The third-order valence-corrected chi connectivity index (χ3v) is 3.75. The highest BCUT2D eigenvalue weighted by molar-refractivity contribution is 5.95. The van der Waals surface area contributed by atoms with E-state index in [9.17, 15) is 4.79 Å². The van der Waals surface area contributed by atoms with Crippen molar-refractivity contribution in [2.24, 2.45) is 0 Å². The molecular formula is C18H19NO2. The Morgan fingerprint density at radius 1 is 1.19 bits per heavy atom. The molecule has 3 rings (SSSR count). The summed E-state index contributed by atoms with van der Waals surface area (Å²) in [4.78, 5) is 14.4. The van der Waals surface area contributed by atoms with Crippen molar-refractivity contribution >= 4 is 11.6 Å². The van der Waals surface area contributed by atoms with Crippen LogP contribution in [0, 0.1) is 6.92 Å². The summed E-state index contributed by atoms with van der Waals surface area (Å²) >= 11 is 0. The predicted molar refractivity (Wildman–Crippen MR) is 83.8 cm³/mol. The number of benzene rings is 2. The van der Waals surface area contributed by atoms with E-state index < -0.39 is 0 Å². The fraction of sp³-hybridized carbons (Fsp3) is 0.278. The van der Waals surface area contributed by atoms with E-state index in [1.165, 1.54) is 5.56 Å². The summed E-state index contributed by atoms with van der Waals surface area (Å²) in [6.07, 6.45) is 1.30. The quantitative estimate of drug-likeness (QED) is 0.863. The normalized spacial score (nSPS) is 13.5. The lowest BCUT2D eigenvalue weighted by atomic mass is 10.1. The molecule has 0 radical (unpaired) electrons. The van der Waals surface area contributed by atoms with Gasteiger partial charge in [0.15, 0.2) is 0 Å². The van der Waals surface area contributed by atoms with E-state index in [1.807, 2.05) is 48.2 Å². The summed E-state index contributed by atoms with van der Waals surface area (Å²) < 4.78 is 5.63. The zero-order chi connectivity index (χ0) is 14.7. The molecule has 21 heavy (non-hydrogen) atoms. The lowest BCUT2D eigenvalue weighted by molar-refractivity contribution is -0.118. The van der Waals surface area contributed by atoms with Crippen molar-refractivity contribution in [3.05, 3.63) is 59.7 Å². The molecule has 0 aliphatic carbocycles. The minimum Gasteiger partial charge on any atom is -0.490 e. The number of hydrogen-bond donors (Lipinski definition) is 0. The van der Waals surface area contributed by atoms with Crippen molar-refractivity contribution in [3.63, 3.8) is 0 Å². The Hall–Kier alpha value is -2.29. The summed E-state index contributed by atoms with van der Waals surface area (Å²) in [5, 5.41) is 0. The van der Waals surface area contributed by atoms with E-state index in [0.717, 1.165) is 23.4 Å². The van der Waals surface area contributed by atoms with Gasteiger partial charge in [-0.25, -0.2) is 0 Å². The van der Waals surface area contributed by atoms with E-state index in [4.69, 9.17) is 4.74 Å². The topological polar surface area (TPSA) is 29.5 Å². The molecule has 2 aromatic rings. The molecule has 1 amide bonds. The van der Waals surface area contributed by atoms with Gasteiger partial charge in [0.2, 0.25) is 5.91 Å². The van der Waals surface area contributed by atoms with Crippen molar-refractivity contribution in [1.29, 1.82) is 0 Å². The molecule has 0 bridgehead atoms. The SMILES string of the molecule is Cc1ccc2c(c1)N(C(=O)CCc1ccccc1)CCO2. The molecule has 0 atom stereocenters. The third-order valence-electron chi connectivity index (χ3n) is 3.75. The van der Waals surface area contributed by atoms with Crippen LogP contribution in [-0.2, 0) is 11.2 Å². The highest BCUT2D eigenvalue weighted by Crippen LogP contribution is 2.32. The fourth-order valence-corrected chi connectivity index (χ4v) is 2.62. The van der Waals surface area contributed by atoms with Crippen LogP contribution in [0.5, 0.6) is 5.75 Å². The van der Waals surface area contributed by atoms with Gasteiger partial charge < -0.3 is 9.64 Å². The van der Waals surface area contributed by atoms with E-state index in [0.29, 0.717) is 19.6 Å². The number of anilines is 1. The predicted octanol–water partition coefficient (Wildman–Crippen LogP) is 3.35. The molecule has 0 saturated heterocycles. The van der Waals surface area contributed by atoms with Gasteiger partial charge in [-0.3, -0.25) is 4.79 Å². The Morgan fingerprint density at radius 2 is 2.00 bits per heavy atom. The largest absolute Gasteiger partial charge is 0.490 e. The van der Waals surface area contributed by atoms with Gasteiger partial charge >= 0.3 is 0 Å². The van der Waals surface area contributed by atoms with Gasteiger partial charge in [-0.15, -0.1) is 0 Å². The second kappa shape index (κ2) is 6.00. The van der Waals surface area contributed by atoms with Gasteiger partial charge in [-0.05, 0) is 36.6 Å². The molecule has 0 aromatic heterocycles. The molecule has 0 unspecified atom stereocenters. The molecule has 108 valence electrons. The Morgan fingerprint density at radius 3 is 2.81 bits per heavy atom. The zero-order valence-corrected chi connectivity index (χ0v) is 12.2. The van der Waals surface area contributed by atoms with E-state index in [2.05, 4.69) is 12.1 Å². The minimum atomic E-state index is 0.161. The lowest BCUT2D eigenvalue weighted by Crippen LogP contribution is -2.38. The van der Waals surface area contributed by atoms with Crippen molar-refractivity contribution in [3.8, 4) is 5.75 Å². The van der Waals surface area contributed by atoms with E-state index in [1.54, 1.807) is 0 Å². The molecule has 0 fully saturated rings. The molecule has 0 N–H and O–H groups in total. The Balaban J connectivity index is 1.73. The van der Waals surface area contributed by atoms with Crippen LogP contribution in [0.25, 0.3) is 0 Å². The first-order valence-electron chi connectivity index (χ1n) is 7.32. The van der Waals surface area contributed by atoms with Crippen molar-refractivity contribution < 1.29 is 9.53 Å². The maximum atomic E-state index is 12.5. The number of nitrogens with zero attached hydrogens (tertiary/aromatic N) is 1. The molecular weight excluding hydrogens is 262 g/mol. The molecule has 3 nitrogen and oxygen atoms in total. The van der Waals surface area contributed by atoms with Gasteiger partial charge in [0, 0.05) is 6.42 Å². The molecule has 1 aliphatic rings. The van der Waals surface area contributed by atoms with Crippen LogP contribution >= 0.6 is 0 Å². The molecule has 1 heterocycles. The maximum absolute atomic E-state index is 12.5. The van der Waals surface area contributed by atoms with Gasteiger partial charge in [0.05, 0.1) is 12.2 Å². The average Bonchev–Trinajstić information content (AvgIpc) is 2.53. The second-order valence-electron chi connectivity index (χ2n) is 5.35. The van der Waals surface area contributed by atoms with Crippen LogP contribution in [-0.4, -0.2) is 19.1 Å². The Kier molecular flexibility index (Phi) is 3.91. The van der Waals surface area contributed by atoms with Crippen molar-refractivity contribution in [1.82, 2.24) is 0 Å². The van der Waals surface area contributed by atoms with Gasteiger partial charge in [0.1, 0.15) is 12.4 Å². The molecule has 0 saturated carbocycles. The standard InChI is InChI=1S/C18H19NO2/c1-14-7-9-17-16(13-14)19(11-12-21-17)18(20)10-8-15-5-3-2-4-6-15/h2-7,9,13H,8,10-12H2,1H3. The fourth-order valence-electron chi connectivity index (χ4n) is 2.62. The first-order chi connectivity index (χ1) is 10.2. The number of aryl methyl sites for hydroxylation is 2. The van der Waals surface area contributed by atoms with Gasteiger partial charge in [-0.1, -0.05) is 36.4 Å². The van der Waals surface area contributed by atoms with Crippen LogP contribution in [0.2, 0.25) is 0 Å². The van der Waals surface area contributed by atoms with Crippen LogP contribution < -0.4 is 9.64 Å². The summed E-state index contributed by atoms with van der Waals surface area (Å²) in [7, 11) is 0. The van der Waals surface area contributed by atoms with Crippen LogP contribution in [0.3, 0.4) is 0 Å². The molecule has 0 spiro atoms. The molecule has 3 heteroatoms. The zero-order valence-electron chi connectivity index (χ0n) is 12.2. The van der Waals surface area contributed by atoms with Crippen LogP contribution in [0.15, 0.2) is 48.5 Å². The third kappa shape index (κ3) is 3.07. The summed E-state index contributed by atoms with van der Waals surface area (Å²) in [6.45, 7) is 3.22. The molecule has 1 aliphatic heterocycles. The second-order valence-corrected chi connectivity index (χ2v) is 5.35. The number of amides is 1. The molecule has 2 aromatic carbocycles. The minimum absolute atomic E-state index is 0.161. The van der Waals surface area contributed by atoms with Crippen molar-refractivity contribution in [2.75, 3.05) is 18.1 Å². The summed E-state index contributed by atoms with van der Waals surface area (Å²) in [5.41, 5.74) is 3.24. The smallest absolute Gasteiger partial charge is 0.227 e. The first-order valence-corrected chi connectivity index (χ1v) is 7.32. The summed E-state index contributed by atoms with van der Waals surface area (Å²) in [6, 6.07) is 16.1. The number of ether oxygens (including phenoxy) is 1. The Bertz CT molecular complexity index is 637. The highest BCUT2D eigenvalue weighted by Gasteiger charge is 2.23. The lowest BCUT2D eigenvalue weighted by Gasteiger charge is -2.30.